The van der Waals surface area contributed by atoms with E-state index in [4.69, 9.17) is 0 Å². The van der Waals surface area contributed by atoms with Gasteiger partial charge in [0.1, 0.15) is 6.33 Å². The molecule has 35 heavy (non-hydrogen) atoms. The number of carbonyl (C=O) groups is 3. The molecular formula is C20H21F6N6O3+. The molecule has 0 unspecified atom stereocenters. The molecule has 0 aliphatic rings. The van der Waals surface area contributed by atoms with E-state index >= 15 is 0 Å². The molecule has 2 aromatic rings. The fraction of sp³-hybridized carbons (Fsp3) is 0.350. The SMILES string of the molecule is CN(C)C(=O)CNC(=O)CC[NH2+]C(=O)/C=C\n1cnc(-c2cc(C(F)(F)F)cc(C(F)(F)F)c2)n1. The van der Waals surface area contributed by atoms with Crippen LogP contribution in [0.1, 0.15) is 17.5 Å². The quantitative estimate of drug-likeness (QED) is 0.411. The number of quaternary nitrogens is 1. The van der Waals surface area contributed by atoms with Crippen molar-refractivity contribution < 1.29 is 46.0 Å². The molecule has 0 saturated carbocycles. The van der Waals surface area contributed by atoms with E-state index in [1.165, 1.54) is 24.3 Å². The Morgan fingerprint density at radius 2 is 1.66 bits per heavy atom. The summed E-state index contributed by atoms with van der Waals surface area (Å²) >= 11 is 0. The third-order valence-electron chi connectivity index (χ3n) is 4.40. The number of nitrogens with zero attached hydrogens (tertiary/aromatic N) is 4. The lowest BCUT2D eigenvalue weighted by Gasteiger charge is -2.13. The number of primary amides is 1. The smallest absolute Gasteiger partial charge is 0.347 e. The highest BCUT2D eigenvalue weighted by molar-refractivity contribution is 5.85. The van der Waals surface area contributed by atoms with Crippen LogP contribution in [-0.4, -0.2) is 64.6 Å². The number of hydrogen-bond acceptors (Lipinski definition) is 5. The van der Waals surface area contributed by atoms with E-state index in [0.29, 0.717) is 12.1 Å². The standard InChI is InChI=1S/C20H20F6N6O3/c1-31(2)17(35)10-28-15(33)3-5-27-16(34)4-6-32-11-29-18(30-32)12-7-13(19(21,22)23)9-14(8-12)20(24,25)26/h4,6-9,11H,3,5,10H2,1-2H3,(H,27,34)(H,28,33)/p+1/b6-4-. The number of hydrogen-bond donors (Lipinski definition) is 2. The molecule has 2 rings (SSSR count). The van der Waals surface area contributed by atoms with Crippen LogP contribution >= 0.6 is 0 Å². The predicted molar refractivity (Wildman–Crippen MR) is 109 cm³/mol. The highest BCUT2D eigenvalue weighted by Gasteiger charge is 2.37. The maximum atomic E-state index is 13.0. The Hall–Kier alpha value is -3.75. The van der Waals surface area contributed by atoms with Crippen molar-refractivity contribution in [2.75, 3.05) is 27.2 Å². The summed E-state index contributed by atoms with van der Waals surface area (Å²) in [4.78, 5) is 39.9. The van der Waals surface area contributed by atoms with E-state index in [-0.39, 0.29) is 31.5 Å². The summed E-state index contributed by atoms with van der Waals surface area (Å²) in [6.07, 6.45) is -6.95. The maximum Gasteiger partial charge on any atom is 0.416 e. The lowest BCUT2D eigenvalue weighted by Crippen LogP contribution is -2.88. The molecule has 15 heteroatoms. The summed E-state index contributed by atoms with van der Waals surface area (Å²) in [5, 5.41) is 7.36. The van der Waals surface area contributed by atoms with Gasteiger partial charge in [-0.2, -0.15) is 26.3 Å². The Morgan fingerprint density at radius 3 is 2.20 bits per heavy atom. The van der Waals surface area contributed by atoms with Gasteiger partial charge in [0.2, 0.25) is 11.8 Å². The molecule has 3 amide bonds. The minimum Gasteiger partial charge on any atom is -0.347 e. The van der Waals surface area contributed by atoms with E-state index in [2.05, 4.69) is 15.4 Å². The lowest BCUT2D eigenvalue weighted by molar-refractivity contribution is -0.562. The molecule has 0 saturated heterocycles. The van der Waals surface area contributed by atoms with Crippen LogP contribution in [0.4, 0.5) is 26.3 Å². The Morgan fingerprint density at radius 1 is 1.06 bits per heavy atom. The second-order valence-electron chi connectivity index (χ2n) is 7.37. The first kappa shape index (κ1) is 27.5. The van der Waals surface area contributed by atoms with Gasteiger partial charge < -0.3 is 10.2 Å². The average Bonchev–Trinajstić information content (AvgIpc) is 3.23. The fourth-order valence-corrected chi connectivity index (χ4v) is 2.55. The highest BCUT2D eigenvalue weighted by atomic mass is 19.4. The van der Waals surface area contributed by atoms with Crippen LogP contribution in [0.2, 0.25) is 0 Å². The predicted octanol–water partition coefficient (Wildman–Crippen LogP) is 1.14. The van der Waals surface area contributed by atoms with Crippen LogP contribution in [0.15, 0.2) is 30.6 Å². The molecule has 0 fully saturated rings. The van der Waals surface area contributed by atoms with Crippen molar-refractivity contribution >= 4 is 23.9 Å². The Bertz CT molecular complexity index is 1080. The van der Waals surface area contributed by atoms with Gasteiger partial charge in [0.05, 0.1) is 36.7 Å². The molecule has 0 aliphatic heterocycles. The molecule has 1 aromatic heterocycles. The van der Waals surface area contributed by atoms with Crippen molar-refractivity contribution in [3.05, 3.63) is 41.7 Å². The van der Waals surface area contributed by atoms with Crippen molar-refractivity contribution in [2.24, 2.45) is 0 Å². The summed E-state index contributed by atoms with van der Waals surface area (Å²) in [6, 6.07) is 0.985. The van der Waals surface area contributed by atoms with Gasteiger partial charge in [-0.05, 0) is 18.2 Å². The van der Waals surface area contributed by atoms with E-state index in [9.17, 15) is 40.7 Å². The third-order valence-corrected chi connectivity index (χ3v) is 4.40. The first-order valence-corrected chi connectivity index (χ1v) is 9.90. The highest BCUT2D eigenvalue weighted by Crippen LogP contribution is 2.37. The van der Waals surface area contributed by atoms with Crippen LogP contribution in [0.5, 0.6) is 0 Å². The molecule has 0 atom stereocenters. The molecule has 1 aromatic carbocycles. The van der Waals surface area contributed by atoms with Gasteiger partial charge in [-0.3, -0.25) is 14.9 Å². The van der Waals surface area contributed by atoms with E-state index < -0.39 is 46.7 Å². The minimum absolute atomic E-state index is 0.00468. The molecule has 0 aliphatic carbocycles. The van der Waals surface area contributed by atoms with Crippen LogP contribution in [0, 0.1) is 0 Å². The molecule has 0 radical (unpaired) electrons. The largest absolute Gasteiger partial charge is 0.416 e. The average molecular weight is 507 g/mol. The van der Waals surface area contributed by atoms with E-state index in [0.717, 1.165) is 23.3 Å². The van der Waals surface area contributed by atoms with Gasteiger partial charge >= 0.3 is 18.3 Å². The number of benzene rings is 1. The molecule has 0 bridgehead atoms. The zero-order valence-corrected chi connectivity index (χ0v) is 18.4. The van der Waals surface area contributed by atoms with Gasteiger partial charge in [-0.1, -0.05) is 0 Å². The number of alkyl halides is 6. The van der Waals surface area contributed by atoms with Crippen molar-refractivity contribution in [3.63, 3.8) is 0 Å². The first-order valence-electron chi connectivity index (χ1n) is 9.90. The zero-order valence-electron chi connectivity index (χ0n) is 18.4. The van der Waals surface area contributed by atoms with Crippen LogP contribution in [-0.2, 0) is 26.7 Å². The van der Waals surface area contributed by atoms with Crippen molar-refractivity contribution in [1.82, 2.24) is 25.0 Å². The molecule has 3 N–H and O–H groups in total. The molecule has 190 valence electrons. The summed E-state index contributed by atoms with van der Waals surface area (Å²) in [6.45, 7) is -0.108. The maximum absolute atomic E-state index is 13.0. The molecule has 0 spiro atoms. The van der Waals surface area contributed by atoms with E-state index in [1.807, 2.05) is 0 Å². The Labute approximate surface area is 194 Å². The topological polar surface area (TPSA) is 114 Å². The van der Waals surface area contributed by atoms with E-state index in [1.54, 1.807) is 0 Å². The number of amides is 3. The number of likely N-dealkylation sites (N-methyl/N-ethyl adjacent to an activating group) is 1. The van der Waals surface area contributed by atoms with Crippen LogP contribution in [0.25, 0.3) is 17.6 Å². The molecular weight excluding hydrogens is 486 g/mol. The number of nitrogens with one attached hydrogen (secondary N) is 1. The minimum atomic E-state index is -5.01. The first-order chi connectivity index (χ1) is 16.2. The summed E-state index contributed by atoms with van der Waals surface area (Å²) in [5.74, 6) is -1.67. The van der Waals surface area contributed by atoms with Gasteiger partial charge in [-0.15, -0.1) is 5.10 Å². The monoisotopic (exact) mass is 507 g/mol. The molecule has 9 nitrogen and oxygen atoms in total. The van der Waals surface area contributed by atoms with Crippen molar-refractivity contribution in [1.29, 1.82) is 0 Å². The third kappa shape index (κ3) is 8.51. The number of carbonyl (C=O) groups excluding carboxylic acids is 3. The number of rotatable bonds is 8. The Kier molecular flexibility index (Phi) is 8.73. The van der Waals surface area contributed by atoms with Crippen LogP contribution in [0.3, 0.4) is 0 Å². The van der Waals surface area contributed by atoms with Crippen molar-refractivity contribution in [3.8, 4) is 11.4 Å². The summed E-state index contributed by atoms with van der Waals surface area (Å²) < 4.78 is 79.1. The number of nitrogens with two attached hydrogens (primary N) is 1. The normalized spacial score (nSPS) is 12.1. The second-order valence-corrected chi connectivity index (χ2v) is 7.37. The number of aromatic nitrogens is 3. The second kappa shape index (κ2) is 11.1. The van der Waals surface area contributed by atoms with Gasteiger partial charge in [-0.25, -0.2) is 14.5 Å². The fourth-order valence-electron chi connectivity index (χ4n) is 2.55. The van der Waals surface area contributed by atoms with Gasteiger partial charge in [0.25, 0.3) is 0 Å². The van der Waals surface area contributed by atoms with Gasteiger partial charge in [0.15, 0.2) is 5.82 Å². The zero-order chi connectivity index (χ0) is 26.4. The lowest BCUT2D eigenvalue weighted by atomic mass is 10.0. The van der Waals surface area contributed by atoms with Gasteiger partial charge in [0, 0.05) is 25.9 Å². The van der Waals surface area contributed by atoms with Crippen molar-refractivity contribution in [2.45, 2.75) is 18.8 Å². The van der Waals surface area contributed by atoms with Crippen LogP contribution < -0.4 is 10.6 Å². The molecule has 1 heterocycles. The summed E-state index contributed by atoms with van der Waals surface area (Å²) in [7, 11) is 3.06. The Balaban J connectivity index is 1.99. The number of halogens is 6. The summed E-state index contributed by atoms with van der Waals surface area (Å²) in [5.41, 5.74) is -3.51.